The maximum atomic E-state index is 4.46. The van der Waals surface area contributed by atoms with E-state index in [1.807, 2.05) is 20.3 Å². The molecule has 19 heavy (non-hydrogen) atoms. The highest BCUT2D eigenvalue weighted by Gasteiger charge is 2.31. The number of imidazole rings is 1. The van der Waals surface area contributed by atoms with Crippen LogP contribution in [0.5, 0.6) is 0 Å². The summed E-state index contributed by atoms with van der Waals surface area (Å²) >= 11 is 0. The number of rotatable bonds is 5. The molecule has 1 aromatic heterocycles. The Balaban J connectivity index is 1.93. The van der Waals surface area contributed by atoms with Gasteiger partial charge >= 0.3 is 0 Å². The fourth-order valence-corrected chi connectivity index (χ4v) is 3.36. The molecule has 0 spiro atoms. The molecule has 4 nitrogen and oxygen atoms in total. The van der Waals surface area contributed by atoms with Crippen molar-refractivity contribution in [3.8, 4) is 0 Å². The van der Waals surface area contributed by atoms with Crippen molar-refractivity contribution >= 4 is 5.95 Å². The van der Waals surface area contributed by atoms with Gasteiger partial charge in [-0.3, -0.25) is 0 Å². The molecule has 0 amide bonds. The van der Waals surface area contributed by atoms with Gasteiger partial charge in [0.15, 0.2) is 0 Å². The van der Waals surface area contributed by atoms with Gasteiger partial charge in [0.1, 0.15) is 0 Å². The molecule has 2 rings (SSSR count). The standard InChI is InChI=1S/C15H28N4/c1-6-12-7-8-14(11(12)2)16-9-13-10-17-15(18(3)4)19(13)5/h10-12,14,16H,6-9H2,1-5H3. The summed E-state index contributed by atoms with van der Waals surface area (Å²) in [5, 5.41) is 3.73. The highest BCUT2D eigenvalue weighted by molar-refractivity contribution is 5.30. The second-order valence-electron chi connectivity index (χ2n) is 6.10. The van der Waals surface area contributed by atoms with Crippen LogP contribution in [0, 0.1) is 11.8 Å². The molecular formula is C15H28N4. The lowest BCUT2D eigenvalue weighted by Crippen LogP contribution is -2.32. The lowest BCUT2D eigenvalue weighted by molar-refractivity contribution is 0.343. The zero-order valence-electron chi connectivity index (χ0n) is 13.0. The monoisotopic (exact) mass is 264 g/mol. The average molecular weight is 264 g/mol. The van der Waals surface area contributed by atoms with Crippen LogP contribution >= 0.6 is 0 Å². The smallest absolute Gasteiger partial charge is 0.204 e. The van der Waals surface area contributed by atoms with Crippen LogP contribution < -0.4 is 10.2 Å². The average Bonchev–Trinajstić information content (AvgIpc) is 2.91. The van der Waals surface area contributed by atoms with Crippen molar-refractivity contribution in [1.29, 1.82) is 0 Å². The predicted molar refractivity (Wildman–Crippen MR) is 80.3 cm³/mol. The van der Waals surface area contributed by atoms with Gasteiger partial charge in [-0.15, -0.1) is 0 Å². The van der Waals surface area contributed by atoms with E-state index < -0.39 is 0 Å². The second kappa shape index (κ2) is 5.95. The fourth-order valence-electron chi connectivity index (χ4n) is 3.36. The summed E-state index contributed by atoms with van der Waals surface area (Å²) < 4.78 is 2.17. The minimum atomic E-state index is 0.669. The Kier molecular flexibility index (Phi) is 4.50. The van der Waals surface area contributed by atoms with Gasteiger partial charge in [0.05, 0.1) is 11.9 Å². The molecule has 108 valence electrons. The molecule has 0 radical (unpaired) electrons. The van der Waals surface area contributed by atoms with Gasteiger partial charge in [0, 0.05) is 33.7 Å². The molecule has 4 heteroatoms. The molecule has 0 aromatic carbocycles. The zero-order valence-corrected chi connectivity index (χ0v) is 13.0. The van der Waals surface area contributed by atoms with E-state index in [2.05, 4.69) is 40.7 Å². The molecule has 3 unspecified atom stereocenters. The van der Waals surface area contributed by atoms with Gasteiger partial charge in [-0.1, -0.05) is 20.3 Å². The maximum absolute atomic E-state index is 4.46. The number of aromatic nitrogens is 2. The van der Waals surface area contributed by atoms with Crippen LogP contribution in [-0.4, -0.2) is 29.7 Å². The summed E-state index contributed by atoms with van der Waals surface area (Å²) in [7, 11) is 6.15. The van der Waals surface area contributed by atoms with Gasteiger partial charge in [-0.25, -0.2) is 4.98 Å². The van der Waals surface area contributed by atoms with Crippen LogP contribution in [0.3, 0.4) is 0 Å². The van der Waals surface area contributed by atoms with E-state index in [9.17, 15) is 0 Å². The van der Waals surface area contributed by atoms with Crippen molar-refractivity contribution in [3.05, 3.63) is 11.9 Å². The predicted octanol–water partition coefficient (Wildman–Crippen LogP) is 2.40. The van der Waals surface area contributed by atoms with Gasteiger partial charge in [-0.05, 0) is 24.7 Å². The number of hydrogen-bond donors (Lipinski definition) is 1. The molecule has 1 saturated carbocycles. The molecule has 1 fully saturated rings. The summed E-state index contributed by atoms with van der Waals surface area (Å²) in [5.41, 5.74) is 1.26. The van der Waals surface area contributed by atoms with Gasteiger partial charge < -0.3 is 14.8 Å². The first kappa shape index (κ1) is 14.4. The van der Waals surface area contributed by atoms with Crippen molar-refractivity contribution in [2.45, 2.75) is 45.7 Å². The molecule has 0 bridgehead atoms. The first-order chi connectivity index (χ1) is 9.04. The van der Waals surface area contributed by atoms with Gasteiger partial charge in [0.2, 0.25) is 5.95 Å². The third-order valence-corrected chi connectivity index (χ3v) is 4.76. The van der Waals surface area contributed by atoms with Crippen LogP contribution in [0.1, 0.15) is 38.8 Å². The van der Waals surface area contributed by atoms with Gasteiger partial charge in [-0.2, -0.15) is 0 Å². The van der Waals surface area contributed by atoms with Crippen molar-refractivity contribution < 1.29 is 0 Å². The first-order valence-corrected chi connectivity index (χ1v) is 7.45. The Morgan fingerprint density at radius 3 is 2.68 bits per heavy atom. The van der Waals surface area contributed by atoms with Crippen LogP contribution in [0.25, 0.3) is 0 Å². The quantitative estimate of drug-likeness (QED) is 0.886. The second-order valence-corrected chi connectivity index (χ2v) is 6.10. The van der Waals surface area contributed by atoms with E-state index in [1.54, 1.807) is 0 Å². The van der Waals surface area contributed by atoms with Gasteiger partial charge in [0.25, 0.3) is 0 Å². The van der Waals surface area contributed by atoms with Crippen LogP contribution in [0.15, 0.2) is 6.20 Å². The molecule has 0 aliphatic heterocycles. The molecule has 1 aliphatic rings. The molecule has 1 heterocycles. The van der Waals surface area contributed by atoms with E-state index >= 15 is 0 Å². The third kappa shape index (κ3) is 2.94. The number of nitrogens with zero attached hydrogens (tertiary/aromatic N) is 3. The highest BCUT2D eigenvalue weighted by atomic mass is 15.3. The minimum absolute atomic E-state index is 0.669. The molecular weight excluding hydrogens is 236 g/mol. The topological polar surface area (TPSA) is 33.1 Å². The molecule has 1 aromatic rings. The summed E-state index contributed by atoms with van der Waals surface area (Å²) in [4.78, 5) is 6.51. The van der Waals surface area contributed by atoms with Crippen LogP contribution in [0.2, 0.25) is 0 Å². The van der Waals surface area contributed by atoms with E-state index in [1.165, 1.54) is 25.0 Å². The van der Waals surface area contributed by atoms with E-state index in [0.29, 0.717) is 6.04 Å². The third-order valence-electron chi connectivity index (χ3n) is 4.76. The molecule has 1 N–H and O–H groups in total. The van der Waals surface area contributed by atoms with Crippen molar-refractivity contribution in [1.82, 2.24) is 14.9 Å². The summed E-state index contributed by atoms with van der Waals surface area (Å²) in [6.45, 7) is 5.63. The van der Waals surface area contributed by atoms with Crippen molar-refractivity contribution in [2.75, 3.05) is 19.0 Å². The minimum Gasteiger partial charge on any atom is -0.348 e. The number of anilines is 1. The summed E-state index contributed by atoms with van der Waals surface area (Å²) in [6.07, 6.45) is 6.00. The first-order valence-electron chi connectivity index (χ1n) is 7.45. The fraction of sp³-hybridized carbons (Fsp3) is 0.800. The van der Waals surface area contributed by atoms with E-state index in [4.69, 9.17) is 0 Å². The van der Waals surface area contributed by atoms with Crippen molar-refractivity contribution in [2.24, 2.45) is 18.9 Å². The Labute approximate surface area is 117 Å². The largest absolute Gasteiger partial charge is 0.348 e. The van der Waals surface area contributed by atoms with Crippen LogP contribution in [0.4, 0.5) is 5.95 Å². The summed E-state index contributed by atoms with van der Waals surface area (Å²) in [6, 6.07) is 0.669. The zero-order chi connectivity index (χ0) is 14.0. The molecule has 0 saturated heterocycles. The van der Waals surface area contributed by atoms with Crippen molar-refractivity contribution in [3.63, 3.8) is 0 Å². The summed E-state index contributed by atoms with van der Waals surface area (Å²) in [5.74, 6) is 2.72. The Morgan fingerprint density at radius 1 is 1.42 bits per heavy atom. The Morgan fingerprint density at radius 2 is 2.16 bits per heavy atom. The van der Waals surface area contributed by atoms with E-state index in [0.717, 1.165) is 24.3 Å². The normalized spacial score (nSPS) is 26.9. The Hall–Kier alpha value is -1.03. The van der Waals surface area contributed by atoms with Crippen LogP contribution in [-0.2, 0) is 13.6 Å². The lowest BCUT2D eigenvalue weighted by Gasteiger charge is -2.21. The lowest BCUT2D eigenvalue weighted by atomic mass is 9.93. The SMILES string of the molecule is CCC1CCC(NCc2cnc(N(C)C)n2C)C1C. The number of nitrogens with one attached hydrogen (secondary N) is 1. The Bertz CT molecular complexity index is 410. The number of hydrogen-bond acceptors (Lipinski definition) is 3. The maximum Gasteiger partial charge on any atom is 0.204 e. The molecule has 1 aliphatic carbocycles. The van der Waals surface area contributed by atoms with E-state index in [-0.39, 0.29) is 0 Å². The molecule has 3 atom stereocenters. The highest BCUT2D eigenvalue weighted by Crippen LogP contribution is 2.33.